The van der Waals surface area contributed by atoms with Gasteiger partial charge in [0.05, 0.1) is 0 Å². The maximum atomic E-state index is 6.11. The Kier molecular flexibility index (Phi) is 2.96. The fraction of sp³-hybridized carbons (Fsp3) is 0.529. The van der Waals surface area contributed by atoms with Gasteiger partial charge >= 0.3 is 0 Å². The third-order valence-electron chi connectivity index (χ3n) is 4.50. The highest BCUT2D eigenvalue weighted by molar-refractivity contribution is 5.86. The molecule has 2 aromatic rings. The molecule has 20 heavy (non-hydrogen) atoms. The monoisotopic (exact) mass is 271 g/mol. The van der Waals surface area contributed by atoms with Crippen molar-refractivity contribution < 1.29 is 0 Å². The average Bonchev–Trinajstić information content (AvgIpc) is 2.88. The Bertz CT molecular complexity index is 659. The maximum absolute atomic E-state index is 6.11. The molecule has 1 aliphatic heterocycles. The second-order valence-electron chi connectivity index (χ2n) is 7.15. The van der Waals surface area contributed by atoms with Crippen molar-refractivity contribution in [3.05, 3.63) is 35.0 Å². The van der Waals surface area contributed by atoms with Crippen LogP contribution in [0.5, 0.6) is 0 Å². The van der Waals surface area contributed by atoms with Gasteiger partial charge in [-0.1, -0.05) is 0 Å². The molecule has 3 rings (SSSR count). The first-order valence-electron chi connectivity index (χ1n) is 7.38. The Balaban J connectivity index is 2.11. The lowest BCUT2D eigenvalue weighted by Gasteiger charge is -2.31. The summed E-state index contributed by atoms with van der Waals surface area (Å²) in [6, 6.07) is 4.79. The molecular formula is C17H25N3. The molecule has 0 aliphatic carbocycles. The summed E-state index contributed by atoms with van der Waals surface area (Å²) in [5.74, 6) is 0. The zero-order chi connectivity index (χ0) is 14.7. The highest BCUT2D eigenvalue weighted by atomic mass is 15.2. The second kappa shape index (κ2) is 4.34. The lowest BCUT2D eigenvalue weighted by Crippen LogP contribution is -2.36. The van der Waals surface area contributed by atoms with Crippen molar-refractivity contribution in [2.75, 3.05) is 0 Å². The number of rotatable bonds is 1. The lowest BCUT2D eigenvalue weighted by molar-refractivity contribution is 0.136. The molecule has 1 aromatic heterocycles. The van der Waals surface area contributed by atoms with E-state index < -0.39 is 0 Å². The summed E-state index contributed by atoms with van der Waals surface area (Å²) in [7, 11) is 2.11. The summed E-state index contributed by atoms with van der Waals surface area (Å²) < 4.78 is 2.20. The Morgan fingerprint density at radius 3 is 2.30 bits per heavy atom. The number of benzene rings is 1. The lowest BCUT2D eigenvalue weighted by atomic mass is 10.0. The Morgan fingerprint density at radius 2 is 1.75 bits per heavy atom. The van der Waals surface area contributed by atoms with E-state index in [9.17, 15) is 0 Å². The number of hydrogen-bond acceptors (Lipinski definition) is 2. The van der Waals surface area contributed by atoms with Gasteiger partial charge < -0.3 is 10.3 Å². The van der Waals surface area contributed by atoms with E-state index >= 15 is 0 Å². The zero-order valence-electron chi connectivity index (χ0n) is 13.2. The first kappa shape index (κ1) is 13.7. The largest absolute Gasteiger partial charge is 0.350 e. The number of aryl methyl sites for hydroxylation is 1. The smallest absolute Gasteiger partial charge is 0.0484 e. The quantitative estimate of drug-likeness (QED) is 0.863. The van der Waals surface area contributed by atoms with Crippen molar-refractivity contribution in [3.8, 4) is 0 Å². The van der Waals surface area contributed by atoms with Crippen molar-refractivity contribution in [2.45, 2.75) is 52.4 Å². The van der Waals surface area contributed by atoms with Crippen LogP contribution >= 0.6 is 0 Å². The minimum Gasteiger partial charge on any atom is -0.350 e. The number of aromatic nitrogens is 1. The summed E-state index contributed by atoms with van der Waals surface area (Å²) >= 11 is 0. The van der Waals surface area contributed by atoms with Crippen LogP contribution in [0.2, 0.25) is 0 Å². The summed E-state index contributed by atoms with van der Waals surface area (Å²) in [4.78, 5) is 2.53. The summed E-state index contributed by atoms with van der Waals surface area (Å²) in [6.45, 7) is 11.0. The molecule has 0 amide bonds. The van der Waals surface area contributed by atoms with Crippen molar-refractivity contribution in [3.63, 3.8) is 0 Å². The molecular weight excluding hydrogens is 246 g/mol. The Labute approximate surface area is 121 Å². The number of fused-ring (bicyclic) bond motifs is 2. The van der Waals surface area contributed by atoms with Gasteiger partial charge in [-0.05, 0) is 56.5 Å². The van der Waals surface area contributed by atoms with Crippen LogP contribution in [-0.4, -0.2) is 15.0 Å². The van der Waals surface area contributed by atoms with Crippen molar-refractivity contribution >= 4 is 10.9 Å². The van der Waals surface area contributed by atoms with Gasteiger partial charge in [0.25, 0.3) is 0 Å². The Hall–Kier alpha value is -1.32. The highest BCUT2D eigenvalue weighted by Crippen LogP contribution is 2.34. The van der Waals surface area contributed by atoms with Gasteiger partial charge in [-0.3, -0.25) is 4.90 Å². The number of nitrogens with two attached hydrogens (primary N) is 1. The standard InChI is InChI=1S/C17H25N3/c1-11(18)15-10-19(5)16-7-13-9-20(17(2,3)4)8-12(13)6-14(15)16/h6-7,10-11H,8-9,18H2,1-5H3. The van der Waals surface area contributed by atoms with Crippen LogP contribution in [0.1, 0.15) is 50.4 Å². The van der Waals surface area contributed by atoms with E-state index in [4.69, 9.17) is 5.73 Å². The van der Waals surface area contributed by atoms with Crippen molar-refractivity contribution in [1.29, 1.82) is 0 Å². The molecule has 0 bridgehead atoms. The van der Waals surface area contributed by atoms with Crippen molar-refractivity contribution in [2.24, 2.45) is 12.8 Å². The summed E-state index contributed by atoms with van der Waals surface area (Å²) in [5, 5.41) is 1.32. The second-order valence-corrected chi connectivity index (χ2v) is 7.15. The molecule has 2 N–H and O–H groups in total. The van der Waals surface area contributed by atoms with E-state index in [0.29, 0.717) is 0 Å². The van der Waals surface area contributed by atoms with Crippen LogP contribution in [0.25, 0.3) is 10.9 Å². The third kappa shape index (κ3) is 2.05. The molecule has 0 radical (unpaired) electrons. The average molecular weight is 271 g/mol. The number of nitrogens with zero attached hydrogens (tertiary/aromatic N) is 2. The normalized spacial score (nSPS) is 17.7. The van der Waals surface area contributed by atoms with Crippen LogP contribution in [0.3, 0.4) is 0 Å². The predicted octanol–water partition coefficient (Wildman–Crippen LogP) is 3.31. The van der Waals surface area contributed by atoms with E-state index in [2.05, 4.69) is 62.5 Å². The van der Waals surface area contributed by atoms with E-state index in [1.807, 2.05) is 0 Å². The van der Waals surface area contributed by atoms with Crippen LogP contribution in [0.4, 0.5) is 0 Å². The van der Waals surface area contributed by atoms with Gasteiger partial charge in [0.1, 0.15) is 0 Å². The van der Waals surface area contributed by atoms with Crippen LogP contribution in [0.15, 0.2) is 18.3 Å². The fourth-order valence-corrected chi connectivity index (χ4v) is 3.15. The molecule has 108 valence electrons. The van der Waals surface area contributed by atoms with Gasteiger partial charge in [-0.2, -0.15) is 0 Å². The summed E-state index contributed by atoms with van der Waals surface area (Å²) in [5.41, 5.74) is 11.8. The molecule has 1 unspecified atom stereocenters. The zero-order valence-corrected chi connectivity index (χ0v) is 13.2. The van der Waals surface area contributed by atoms with Crippen LogP contribution in [-0.2, 0) is 20.1 Å². The van der Waals surface area contributed by atoms with Gasteiger partial charge in [-0.25, -0.2) is 0 Å². The van der Waals surface area contributed by atoms with Gasteiger partial charge in [0.2, 0.25) is 0 Å². The molecule has 1 atom stereocenters. The van der Waals surface area contributed by atoms with Gasteiger partial charge in [0, 0.05) is 48.8 Å². The van der Waals surface area contributed by atoms with E-state index in [-0.39, 0.29) is 11.6 Å². The number of hydrogen-bond donors (Lipinski definition) is 1. The van der Waals surface area contributed by atoms with E-state index in [0.717, 1.165) is 13.1 Å². The fourth-order valence-electron chi connectivity index (χ4n) is 3.15. The SMILES string of the molecule is CC(N)c1cn(C)c2cc3c(cc12)CN(C(C)(C)C)C3. The van der Waals surface area contributed by atoms with Gasteiger partial charge in [-0.15, -0.1) is 0 Å². The van der Waals surface area contributed by atoms with Crippen molar-refractivity contribution in [1.82, 2.24) is 9.47 Å². The summed E-state index contributed by atoms with van der Waals surface area (Å²) in [6.07, 6.45) is 2.17. The third-order valence-corrected chi connectivity index (χ3v) is 4.50. The van der Waals surface area contributed by atoms with Gasteiger partial charge in [0.15, 0.2) is 0 Å². The molecule has 3 heteroatoms. The topological polar surface area (TPSA) is 34.2 Å². The predicted molar refractivity (Wildman–Crippen MR) is 84.5 cm³/mol. The minimum atomic E-state index is 0.0804. The molecule has 0 spiro atoms. The van der Waals surface area contributed by atoms with Crippen LogP contribution in [0, 0.1) is 0 Å². The minimum absolute atomic E-state index is 0.0804. The first-order chi connectivity index (χ1) is 9.27. The maximum Gasteiger partial charge on any atom is 0.0484 e. The molecule has 0 fully saturated rings. The molecule has 1 aromatic carbocycles. The van der Waals surface area contributed by atoms with Crippen LogP contribution < -0.4 is 5.73 Å². The molecule has 2 heterocycles. The molecule has 0 saturated carbocycles. The Morgan fingerprint density at radius 1 is 1.15 bits per heavy atom. The van der Waals surface area contributed by atoms with E-state index in [1.165, 1.54) is 27.6 Å². The molecule has 3 nitrogen and oxygen atoms in total. The molecule has 0 saturated heterocycles. The van der Waals surface area contributed by atoms with E-state index in [1.54, 1.807) is 0 Å². The highest BCUT2D eigenvalue weighted by Gasteiger charge is 2.28. The first-order valence-corrected chi connectivity index (χ1v) is 7.38. The molecule has 1 aliphatic rings.